The van der Waals surface area contributed by atoms with Crippen molar-refractivity contribution < 1.29 is 23.1 Å². The molecule has 0 spiro atoms. The molecule has 5 nitrogen and oxygen atoms in total. The molecule has 25 heavy (non-hydrogen) atoms. The number of rotatable bonds is 2. The second-order valence-corrected chi connectivity index (χ2v) is 5.99. The number of hydrogen-bond acceptors (Lipinski definition) is 3. The lowest BCUT2D eigenvalue weighted by atomic mass is 10.0. The van der Waals surface area contributed by atoms with Crippen LogP contribution >= 0.6 is 15.9 Å². The molecule has 2 heterocycles. The zero-order valence-electron chi connectivity index (χ0n) is 12.2. The van der Waals surface area contributed by atoms with Gasteiger partial charge in [0.05, 0.1) is 26.6 Å². The molecule has 2 aromatic heterocycles. The van der Waals surface area contributed by atoms with Gasteiger partial charge in [-0.2, -0.15) is 13.2 Å². The van der Waals surface area contributed by atoms with Gasteiger partial charge in [-0.3, -0.25) is 9.78 Å². The number of nitrogens with zero attached hydrogens (tertiary/aromatic N) is 1. The summed E-state index contributed by atoms with van der Waals surface area (Å²) in [6.45, 7) is 0. The third kappa shape index (κ3) is 3.02. The minimum Gasteiger partial charge on any atom is -0.477 e. The van der Waals surface area contributed by atoms with E-state index in [0.717, 1.165) is 18.2 Å². The number of nitrogens with one attached hydrogen (secondary N) is 1. The van der Waals surface area contributed by atoms with Crippen LogP contribution in [-0.4, -0.2) is 21.0 Å². The van der Waals surface area contributed by atoms with Gasteiger partial charge in [0.2, 0.25) is 5.43 Å². The predicted molar refractivity (Wildman–Crippen MR) is 87.5 cm³/mol. The van der Waals surface area contributed by atoms with E-state index in [4.69, 9.17) is 0 Å². The van der Waals surface area contributed by atoms with Gasteiger partial charge in [0.25, 0.3) is 0 Å². The number of pyridine rings is 2. The van der Waals surface area contributed by atoms with Crippen molar-refractivity contribution in [3.63, 3.8) is 0 Å². The molecule has 3 aromatic rings. The van der Waals surface area contributed by atoms with Crippen LogP contribution in [0.1, 0.15) is 15.9 Å². The molecule has 0 aliphatic carbocycles. The van der Waals surface area contributed by atoms with Crippen molar-refractivity contribution in [3.8, 4) is 11.3 Å². The topological polar surface area (TPSA) is 83.0 Å². The lowest BCUT2D eigenvalue weighted by molar-refractivity contribution is -0.137. The highest BCUT2D eigenvalue weighted by Crippen LogP contribution is 2.33. The summed E-state index contributed by atoms with van der Waals surface area (Å²) in [4.78, 5) is 30.6. The lowest BCUT2D eigenvalue weighted by Gasteiger charge is -2.12. The Morgan fingerprint density at radius 1 is 1.24 bits per heavy atom. The molecular formula is C16H8BrF3N2O3. The molecule has 0 aliphatic rings. The van der Waals surface area contributed by atoms with Crippen molar-refractivity contribution in [1.29, 1.82) is 0 Å². The monoisotopic (exact) mass is 412 g/mol. The maximum atomic E-state index is 12.9. The van der Waals surface area contributed by atoms with E-state index in [9.17, 15) is 27.9 Å². The van der Waals surface area contributed by atoms with Gasteiger partial charge < -0.3 is 10.1 Å². The number of aromatic carboxylic acids is 1. The molecular weight excluding hydrogens is 405 g/mol. The van der Waals surface area contributed by atoms with Gasteiger partial charge in [0.15, 0.2) is 0 Å². The maximum absolute atomic E-state index is 12.9. The van der Waals surface area contributed by atoms with Crippen LogP contribution in [0.3, 0.4) is 0 Å². The number of alkyl halides is 3. The second-order valence-electron chi connectivity index (χ2n) is 5.13. The summed E-state index contributed by atoms with van der Waals surface area (Å²) < 4.78 is 39.2. The number of carboxylic acid groups (broad SMARTS) is 1. The number of carbonyl (C=O) groups is 1. The Bertz CT molecular complexity index is 1060. The summed E-state index contributed by atoms with van der Waals surface area (Å²) in [5.41, 5.74) is -2.44. The summed E-state index contributed by atoms with van der Waals surface area (Å²) in [5, 5.41) is 9.41. The van der Waals surface area contributed by atoms with Crippen LogP contribution < -0.4 is 5.43 Å². The van der Waals surface area contributed by atoms with Crippen molar-refractivity contribution in [2.45, 2.75) is 6.18 Å². The molecule has 0 amide bonds. The normalized spacial score (nSPS) is 11.7. The molecule has 0 atom stereocenters. The zero-order chi connectivity index (χ0) is 18.4. The van der Waals surface area contributed by atoms with Gasteiger partial charge in [-0.05, 0) is 33.6 Å². The number of carboxylic acids is 1. The van der Waals surface area contributed by atoms with Crippen molar-refractivity contribution in [2.24, 2.45) is 0 Å². The fourth-order valence-electron chi connectivity index (χ4n) is 2.44. The average molecular weight is 413 g/mol. The summed E-state index contributed by atoms with van der Waals surface area (Å²) >= 11 is 3.19. The van der Waals surface area contributed by atoms with Gasteiger partial charge in [-0.15, -0.1) is 0 Å². The molecule has 0 saturated carbocycles. The first kappa shape index (κ1) is 17.2. The predicted octanol–water partition coefficient (Wildman–Crippen LogP) is 4.07. The second kappa shape index (κ2) is 5.99. The van der Waals surface area contributed by atoms with E-state index in [0.29, 0.717) is 4.47 Å². The van der Waals surface area contributed by atoms with Crippen LogP contribution in [0.2, 0.25) is 0 Å². The largest absolute Gasteiger partial charge is 0.477 e. The Morgan fingerprint density at radius 3 is 2.60 bits per heavy atom. The van der Waals surface area contributed by atoms with Gasteiger partial charge in [-0.1, -0.05) is 12.1 Å². The van der Waals surface area contributed by atoms with Crippen LogP contribution in [0, 0.1) is 0 Å². The van der Waals surface area contributed by atoms with Crippen LogP contribution in [-0.2, 0) is 6.18 Å². The van der Waals surface area contributed by atoms with E-state index in [1.54, 1.807) is 0 Å². The van der Waals surface area contributed by atoms with Gasteiger partial charge >= 0.3 is 12.1 Å². The fourth-order valence-corrected chi connectivity index (χ4v) is 2.87. The minimum atomic E-state index is -4.60. The van der Waals surface area contributed by atoms with Gasteiger partial charge in [0, 0.05) is 12.4 Å². The molecule has 1 aromatic carbocycles. The molecule has 0 radical (unpaired) electrons. The van der Waals surface area contributed by atoms with E-state index in [1.165, 1.54) is 18.5 Å². The molecule has 0 saturated heterocycles. The van der Waals surface area contributed by atoms with Crippen LogP contribution in [0.4, 0.5) is 13.2 Å². The quantitative estimate of drug-likeness (QED) is 0.664. The Hall–Kier alpha value is -2.68. The SMILES string of the molecule is O=C(O)c1c(-c2cccc(C(F)(F)F)c2)[nH]c2c(Br)cncc2c1=O. The first-order valence-electron chi connectivity index (χ1n) is 6.80. The number of benzene rings is 1. The molecule has 0 bridgehead atoms. The van der Waals surface area contributed by atoms with Crippen molar-refractivity contribution in [3.05, 3.63) is 62.5 Å². The third-order valence-corrected chi connectivity index (χ3v) is 4.17. The van der Waals surface area contributed by atoms with Crippen LogP contribution in [0.15, 0.2) is 45.9 Å². The maximum Gasteiger partial charge on any atom is 0.416 e. The van der Waals surface area contributed by atoms with Crippen LogP contribution in [0.25, 0.3) is 22.2 Å². The Morgan fingerprint density at radius 2 is 1.96 bits per heavy atom. The molecule has 3 rings (SSSR count). The third-order valence-electron chi connectivity index (χ3n) is 3.56. The van der Waals surface area contributed by atoms with Crippen molar-refractivity contribution in [2.75, 3.05) is 0 Å². The first-order chi connectivity index (χ1) is 11.7. The van der Waals surface area contributed by atoms with E-state index < -0.39 is 28.7 Å². The number of aromatic nitrogens is 2. The Kier molecular flexibility index (Phi) is 4.11. The number of aromatic amines is 1. The fraction of sp³-hybridized carbons (Fsp3) is 0.0625. The zero-order valence-corrected chi connectivity index (χ0v) is 13.8. The van der Waals surface area contributed by atoms with Gasteiger partial charge in [0.1, 0.15) is 5.56 Å². The molecule has 128 valence electrons. The summed E-state index contributed by atoms with van der Waals surface area (Å²) in [7, 11) is 0. The minimum absolute atomic E-state index is 0.0162. The van der Waals surface area contributed by atoms with Crippen molar-refractivity contribution in [1.82, 2.24) is 9.97 Å². The molecule has 9 heteroatoms. The highest BCUT2D eigenvalue weighted by Gasteiger charge is 2.31. The Balaban J connectivity index is 2.40. The van der Waals surface area contributed by atoms with E-state index in [2.05, 4.69) is 25.9 Å². The molecule has 0 aliphatic heterocycles. The summed E-state index contributed by atoms with van der Waals surface area (Å²) in [6.07, 6.45) is -2.02. The summed E-state index contributed by atoms with van der Waals surface area (Å²) in [6, 6.07) is 4.10. The van der Waals surface area contributed by atoms with E-state index >= 15 is 0 Å². The lowest BCUT2D eigenvalue weighted by Crippen LogP contribution is -2.18. The van der Waals surface area contributed by atoms with Gasteiger partial charge in [-0.25, -0.2) is 4.79 Å². The average Bonchev–Trinajstić information content (AvgIpc) is 2.54. The molecule has 2 N–H and O–H groups in total. The number of fused-ring (bicyclic) bond motifs is 1. The van der Waals surface area contributed by atoms with E-state index in [-0.39, 0.29) is 22.2 Å². The smallest absolute Gasteiger partial charge is 0.416 e. The standard InChI is InChI=1S/C16H8BrF3N2O3/c17-10-6-21-5-9-13(10)22-12(11(14(9)23)15(24)25)7-2-1-3-8(4-7)16(18,19)20/h1-6H,(H,22,23)(H,24,25). The first-order valence-corrected chi connectivity index (χ1v) is 7.60. The highest BCUT2D eigenvalue weighted by molar-refractivity contribution is 9.10. The number of H-pyrrole nitrogens is 1. The van der Waals surface area contributed by atoms with E-state index in [1.807, 2.05) is 0 Å². The number of halogens is 4. The molecule has 0 unspecified atom stereocenters. The highest BCUT2D eigenvalue weighted by atomic mass is 79.9. The number of hydrogen-bond donors (Lipinski definition) is 2. The molecule has 0 fully saturated rings. The van der Waals surface area contributed by atoms with Crippen LogP contribution in [0.5, 0.6) is 0 Å². The Labute approximate surface area is 146 Å². The van der Waals surface area contributed by atoms with Crippen molar-refractivity contribution >= 4 is 32.8 Å². The summed E-state index contributed by atoms with van der Waals surface area (Å²) in [5.74, 6) is -1.55.